The molecule has 1 saturated heterocycles. The van der Waals surface area contributed by atoms with Crippen LogP contribution in [0.1, 0.15) is 71.2 Å². The van der Waals surface area contributed by atoms with Crippen molar-refractivity contribution in [3.05, 3.63) is 53.0 Å². The van der Waals surface area contributed by atoms with Crippen LogP contribution in [-0.2, 0) is 0 Å². The third-order valence-electron chi connectivity index (χ3n) is 6.24. The first-order valence-electron chi connectivity index (χ1n) is 11.7. The fourth-order valence-corrected chi connectivity index (χ4v) is 5.48. The number of carbonyl (C=O) groups is 2. The molecule has 1 atom stereocenters. The minimum absolute atomic E-state index is 0.0354. The number of rotatable bonds is 6. The predicted molar refractivity (Wildman–Crippen MR) is 129 cm³/mol. The van der Waals surface area contributed by atoms with Crippen molar-refractivity contribution >= 4 is 23.6 Å². The van der Waals surface area contributed by atoms with Gasteiger partial charge >= 0.3 is 0 Å². The Labute approximate surface area is 202 Å². The molecule has 1 aromatic carbocycles. The summed E-state index contributed by atoms with van der Waals surface area (Å²) in [6.45, 7) is 1.85. The van der Waals surface area contributed by atoms with Gasteiger partial charge in [-0.1, -0.05) is 6.07 Å². The van der Waals surface area contributed by atoms with Crippen LogP contribution in [-0.4, -0.2) is 45.2 Å². The summed E-state index contributed by atoms with van der Waals surface area (Å²) in [6, 6.07) is 6.00. The molecular formula is C25H30FN3O4S. The van der Waals surface area contributed by atoms with Crippen LogP contribution in [0.15, 0.2) is 30.5 Å². The highest BCUT2D eigenvalue weighted by Crippen LogP contribution is 2.29. The van der Waals surface area contributed by atoms with E-state index in [0.717, 1.165) is 36.8 Å². The number of thioether (sulfide) groups is 1. The minimum atomic E-state index is -0.584. The molecule has 7 nitrogen and oxygen atoms in total. The second-order valence-electron chi connectivity index (χ2n) is 8.94. The fraction of sp³-hybridized carbons (Fsp3) is 0.480. The number of aryl methyl sites for hydroxylation is 1. The zero-order chi connectivity index (χ0) is 24.1. The Kier molecular flexibility index (Phi) is 7.92. The van der Waals surface area contributed by atoms with Crippen molar-refractivity contribution < 1.29 is 23.8 Å². The zero-order valence-electron chi connectivity index (χ0n) is 19.2. The lowest BCUT2D eigenvalue weighted by Crippen LogP contribution is -2.44. The van der Waals surface area contributed by atoms with E-state index in [2.05, 4.69) is 15.6 Å². The normalized spacial score (nSPS) is 22.6. The first-order valence-corrected chi connectivity index (χ1v) is 12.8. The minimum Gasteiger partial charge on any atom is -0.507 e. The number of aromatic hydroxyl groups is 1. The summed E-state index contributed by atoms with van der Waals surface area (Å²) in [6.07, 6.45) is 6.87. The topological polar surface area (TPSA) is 101 Å². The smallest absolute Gasteiger partial charge is 0.257 e. The number of ether oxygens (including phenoxy) is 1. The Bertz CT molecular complexity index is 1040. The second-order valence-corrected chi connectivity index (χ2v) is 10.2. The molecule has 0 radical (unpaired) electrons. The summed E-state index contributed by atoms with van der Waals surface area (Å²) in [4.78, 5) is 29.5. The number of hydrogen-bond acceptors (Lipinski definition) is 6. The predicted octanol–water partition coefficient (Wildman–Crippen LogP) is 4.33. The molecule has 1 aromatic heterocycles. The van der Waals surface area contributed by atoms with E-state index in [0.29, 0.717) is 25.7 Å². The summed E-state index contributed by atoms with van der Waals surface area (Å²) >= 11 is 1.69. The van der Waals surface area contributed by atoms with Crippen molar-refractivity contribution in [2.24, 2.45) is 0 Å². The molecule has 0 bridgehead atoms. The SMILES string of the molecule is Cc1ccc(C(=O)NC2CCC(NC(=O)c3cc(F)cnc3OC3CCCCS3)CC2)c(O)c1. The third-order valence-corrected chi connectivity index (χ3v) is 7.47. The van der Waals surface area contributed by atoms with E-state index >= 15 is 0 Å². The van der Waals surface area contributed by atoms with Gasteiger partial charge < -0.3 is 20.5 Å². The Morgan fingerprint density at radius 3 is 2.32 bits per heavy atom. The molecule has 4 rings (SSSR count). The number of hydrogen-bond donors (Lipinski definition) is 3. The summed E-state index contributed by atoms with van der Waals surface area (Å²) in [5.74, 6) is -0.168. The van der Waals surface area contributed by atoms with Crippen LogP contribution in [0.2, 0.25) is 0 Å². The lowest BCUT2D eigenvalue weighted by atomic mass is 9.90. The molecule has 2 amide bonds. The van der Waals surface area contributed by atoms with Gasteiger partial charge in [-0.2, -0.15) is 0 Å². The Balaban J connectivity index is 1.31. The Hall–Kier alpha value is -2.81. The molecule has 3 N–H and O–H groups in total. The van der Waals surface area contributed by atoms with Gasteiger partial charge in [-0.05, 0) is 81.4 Å². The van der Waals surface area contributed by atoms with Crippen molar-refractivity contribution in [3.8, 4) is 11.6 Å². The zero-order valence-corrected chi connectivity index (χ0v) is 20.0. The van der Waals surface area contributed by atoms with Gasteiger partial charge in [0.05, 0.1) is 11.8 Å². The van der Waals surface area contributed by atoms with Crippen molar-refractivity contribution in [1.82, 2.24) is 15.6 Å². The van der Waals surface area contributed by atoms with Gasteiger partial charge in [0.25, 0.3) is 11.8 Å². The number of phenolic OH excluding ortho intramolecular Hbond substituents is 1. The molecule has 2 heterocycles. The van der Waals surface area contributed by atoms with E-state index in [1.807, 2.05) is 6.92 Å². The molecule has 1 aliphatic heterocycles. The van der Waals surface area contributed by atoms with Gasteiger partial charge in [-0.15, -0.1) is 11.8 Å². The fourth-order valence-electron chi connectivity index (χ4n) is 4.35. The number of amides is 2. The van der Waals surface area contributed by atoms with Gasteiger partial charge in [0.1, 0.15) is 22.6 Å². The van der Waals surface area contributed by atoms with Crippen LogP contribution < -0.4 is 15.4 Å². The van der Waals surface area contributed by atoms with Crippen LogP contribution in [0.4, 0.5) is 4.39 Å². The highest BCUT2D eigenvalue weighted by molar-refractivity contribution is 7.99. The van der Waals surface area contributed by atoms with E-state index in [4.69, 9.17) is 4.74 Å². The first-order chi connectivity index (χ1) is 16.4. The molecule has 182 valence electrons. The molecule has 1 unspecified atom stereocenters. The monoisotopic (exact) mass is 487 g/mol. The maximum atomic E-state index is 13.9. The lowest BCUT2D eigenvalue weighted by Gasteiger charge is -2.30. The van der Waals surface area contributed by atoms with E-state index in [9.17, 15) is 19.1 Å². The van der Waals surface area contributed by atoms with Crippen molar-refractivity contribution in [2.45, 2.75) is 69.4 Å². The highest BCUT2D eigenvalue weighted by Gasteiger charge is 2.27. The van der Waals surface area contributed by atoms with E-state index in [1.165, 1.54) is 6.07 Å². The average molecular weight is 488 g/mol. The molecule has 0 spiro atoms. The molecule has 9 heteroatoms. The number of aromatic nitrogens is 1. The molecular weight excluding hydrogens is 457 g/mol. The molecule has 34 heavy (non-hydrogen) atoms. The number of pyridine rings is 1. The van der Waals surface area contributed by atoms with Crippen LogP contribution in [0.25, 0.3) is 0 Å². The number of phenols is 1. The van der Waals surface area contributed by atoms with Crippen LogP contribution in [0.3, 0.4) is 0 Å². The summed E-state index contributed by atoms with van der Waals surface area (Å²) in [5, 5.41) is 16.0. The van der Waals surface area contributed by atoms with Crippen molar-refractivity contribution in [2.75, 3.05) is 5.75 Å². The van der Waals surface area contributed by atoms with Gasteiger partial charge in [-0.25, -0.2) is 9.37 Å². The summed E-state index contributed by atoms with van der Waals surface area (Å²) in [7, 11) is 0. The second kappa shape index (κ2) is 11.1. The largest absolute Gasteiger partial charge is 0.507 e. The lowest BCUT2D eigenvalue weighted by molar-refractivity contribution is 0.0886. The van der Waals surface area contributed by atoms with Gasteiger partial charge in [0.15, 0.2) is 0 Å². The number of benzene rings is 1. The Morgan fingerprint density at radius 2 is 1.71 bits per heavy atom. The number of nitrogens with zero attached hydrogens (tertiary/aromatic N) is 1. The molecule has 1 aliphatic carbocycles. The molecule has 2 aliphatic rings. The maximum absolute atomic E-state index is 13.9. The number of nitrogens with one attached hydrogen (secondary N) is 2. The van der Waals surface area contributed by atoms with Crippen molar-refractivity contribution in [3.63, 3.8) is 0 Å². The number of halogens is 1. The molecule has 1 saturated carbocycles. The van der Waals surface area contributed by atoms with Gasteiger partial charge in [0, 0.05) is 12.1 Å². The summed E-state index contributed by atoms with van der Waals surface area (Å²) < 4.78 is 19.8. The Morgan fingerprint density at radius 1 is 1.03 bits per heavy atom. The summed E-state index contributed by atoms with van der Waals surface area (Å²) in [5.41, 5.74) is 1.16. The maximum Gasteiger partial charge on any atom is 0.257 e. The standard InChI is InChI=1S/C25H30FN3O4S/c1-15-5-10-19(21(30)12-15)23(31)28-17-6-8-18(9-7-17)29-24(32)20-13-16(26)14-27-25(20)33-22-4-2-3-11-34-22/h5,10,12-14,17-18,22,30H,2-4,6-9,11H2,1H3,(H,28,31)(H,29,32). The quantitative estimate of drug-likeness (QED) is 0.561. The van der Waals surface area contributed by atoms with E-state index in [1.54, 1.807) is 30.0 Å². The van der Waals surface area contributed by atoms with E-state index < -0.39 is 11.7 Å². The highest BCUT2D eigenvalue weighted by atomic mass is 32.2. The molecule has 2 fully saturated rings. The van der Waals surface area contributed by atoms with Gasteiger partial charge in [-0.3, -0.25) is 9.59 Å². The van der Waals surface area contributed by atoms with Crippen LogP contribution in [0.5, 0.6) is 11.6 Å². The van der Waals surface area contributed by atoms with E-state index in [-0.39, 0.29) is 46.2 Å². The van der Waals surface area contributed by atoms with Crippen LogP contribution >= 0.6 is 11.8 Å². The first kappa shape index (κ1) is 24.3. The average Bonchev–Trinajstić information content (AvgIpc) is 2.82. The molecule has 2 aromatic rings. The van der Waals surface area contributed by atoms with Crippen LogP contribution in [0, 0.1) is 12.7 Å². The number of carbonyl (C=O) groups excluding carboxylic acids is 2. The third kappa shape index (κ3) is 6.20. The van der Waals surface area contributed by atoms with Crippen molar-refractivity contribution in [1.29, 1.82) is 0 Å². The van der Waals surface area contributed by atoms with Gasteiger partial charge in [0.2, 0.25) is 5.88 Å².